The molecule has 126 valence electrons. The van der Waals surface area contributed by atoms with Crippen molar-refractivity contribution in [2.45, 2.75) is 89.6 Å². The fourth-order valence-electron chi connectivity index (χ4n) is 3.65. The van der Waals surface area contributed by atoms with E-state index in [-0.39, 0.29) is 5.54 Å². The zero-order chi connectivity index (χ0) is 15.6. The fourth-order valence-corrected chi connectivity index (χ4v) is 3.65. The molecule has 1 fully saturated rings. The van der Waals surface area contributed by atoms with Crippen molar-refractivity contribution >= 4 is 0 Å². The average molecular weight is 298 g/mol. The Morgan fingerprint density at radius 2 is 1.71 bits per heavy atom. The highest BCUT2D eigenvalue weighted by molar-refractivity contribution is 5.01. The average Bonchev–Trinajstić information content (AvgIpc) is 2.50. The van der Waals surface area contributed by atoms with E-state index >= 15 is 0 Å². The van der Waals surface area contributed by atoms with Crippen LogP contribution in [0.25, 0.3) is 0 Å². The molecule has 0 aliphatic carbocycles. The Balaban J connectivity index is 2.12. The summed E-state index contributed by atoms with van der Waals surface area (Å²) in [6.07, 6.45) is 13.6. The number of piperidine rings is 1. The molecule has 3 nitrogen and oxygen atoms in total. The molecular weight excluding hydrogens is 258 g/mol. The first kappa shape index (κ1) is 18.9. The molecule has 0 radical (unpaired) electrons. The van der Waals surface area contributed by atoms with Gasteiger partial charge in [0, 0.05) is 18.1 Å². The van der Waals surface area contributed by atoms with Crippen LogP contribution in [0, 0.1) is 0 Å². The summed E-state index contributed by atoms with van der Waals surface area (Å²) >= 11 is 0. The van der Waals surface area contributed by atoms with Gasteiger partial charge in [-0.3, -0.25) is 0 Å². The summed E-state index contributed by atoms with van der Waals surface area (Å²) < 4.78 is 0. The Morgan fingerprint density at radius 3 is 2.33 bits per heavy atom. The third-order valence-corrected chi connectivity index (χ3v) is 5.47. The van der Waals surface area contributed by atoms with Crippen LogP contribution in [0.1, 0.15) is 78.1 Å². The molecule has 1 aliphatic heterocycles. The largest absolute Gasteiger partial charge is 0.329 e. The van der Waals surface area contributed by atoms with Gasteiger partial charge in [0.05, 0.1) is 0 Å². The minimum atomic E-state index is 0.147. The second-order valence-electron chi connectivity index (χ2n) is 7.02. The Hall–Kier alpha value is -0.120. The van der Waals surface area contributed by atoms with E-state index in [1.165, 1.54) is 70.8 Å². The zero-order valence-electron chi connectivity index (χ0n) is 14.8. The molecular formula is C18H39N3. The van der Waals surface area contributed by atoms with Crippen LogP contribution in [0.3, 0.4) is 0 Å². The van der Waals surface area contributed by atoms with Crippen molar-refractivity contribution in [3.63, 3.8) is 0 Å². The highest BCUT2D eigenvalue weighted by Gasteiger charge is 2.38. The zero-order valence-corrected chi connectivity index (χ0v) is 14.8. The van der Waals surface area contributed by atoms with Crippen molar-refractivity contribution in [1.82, 2.24) is 10.2 Å². The predicted molar refractivity (Wildman–Crippen MR) is 93.7 cm³/mol. The molecule has 0 saturated carbocycles. The fraction of sp³-hybridized carbons (Fsp3) is 1.00. The SMILES string of the molecule is CCCCCCCCCCNC1(CN)CCCN(C)C1C. The maximum atomic E-state index is 6.11. The first-order valence-corrected chi connectivity index (χ1v) is 9.31. The van der Waals surface area contributed by atoms with Gasteiger partial charge in [0.1, 0.15) is 0 Å². The topological polar surface area (TPSA) is 41.3 Å². The molecule has 1 saturated heterocycles. The van der Waals surface area contributed by atoms with Crippen LogP contribution in [0.15, 0.2) is 0 Å². The van der Waals surface area contributed by atoms with E-state index in [1.54, 1.807) is 0 Å². The second kappa shape index (κ2) is 10.6. The Morgan fingerprint density at radius 1 is 1.10 bits per heavy atom. The van der Waals surface area contributed by atoms with Crippen LogP contribution in [0.4, 0.5) is 0 Å². The normalized spacial score (nSPS) is 27.1. The van der Waals surface area contributed by atoms with Crippen LogP contribution in [0.2, 0.25) is 0 Å². The minimum Gasteiger partial charge on any atom is -0.329 e. The van der Waals surface area contributed by atoms with Crippen molar-refractivity contribution in [3.05, 3.63) is 0 Å². The predicted octanol–water partition coefficient (Wildman–Crippen LogP) is 3.53. The minimum absolute atomic E-state index is 0.147. The van der Waals surface area contributed by atoms with E-state index in [2.05, 4.69) is 31.1 Å². The van der Waals surface area contributed by atoms with Gasteiger partial charge >= 0.3 is 0 Å². The molecule has 0 spiro atoms. The second-order valence-corrected chi connectivity index (χ2v) is 7.02. The summed E-state index contributed by atoms with van der Waals surface area (Å²) in [6.45, 7) is 7.71. The molecule has 0 aromatic rings. The van der Waals surface area contributed by atoms with E-state index in [0.29, 0.717) is 6.04 Å². The number of unbranched alkanes of at least 4 members (excludes halogenated alkanes) is 7. The van der Waals surface area contributed by atoms with Gasteiger partial charge in [-0.15, -0.1) is 0 Å². The molecule has 2 atom stereocenters. The number of nitrogens with one attached hydrogen (secondary N) is 1. The molecule has 1 aliphatic rings. The number of hydrogen-bond acceptors (Lipinski definition) is 3. The van der Waals surface area contributed by atoms with Crippen molar-refractivity contribution in [1.29, 1.82) is 0 Å². The van der Waals surface area contributed by atoms with Gasteiger partial charge in [0.25, 0.3) is 0 Å². The highest BCUT2D eigenvalue weighted by atomic mass is 15.2. The quantitative estimate of drug-likeness (QED) is 0.573. The first-order valence-electron chi connectivity index (χ1n) is 9.31. The molecule has 21 heavy (non-hydrogen) atoms. The monoisotopic (exact) mass is 297 g/mol. The molecule has 1 heterocycles. The van der Waals surface area contributed by atoms with Gasteiger partial charge in [0.2, 0.25) is 0 Å². The van der Waals surface area contributed by atoms with Crippen LogP contribution in [-0.4, -0.2) is 43.2 Å². The summed E-state index contributed by atoms with van der Waals surface area (Å²) in [4.78, 5) is 2.46. The van der Waals surface area contributed by atoms with E-state index < -0.39 is 0 Å². The number of nitrogens with two attached hydrogens (primary N) is 1. The number of hydrogen-bond donors (Lipinski definition) is 2. The standard InChI is InChI=1S/C18H39N3/c1-4-5-6-7-8-9-10-11-14-20-18(16-19)13-12-15-21(3)17(18)2/h17,20H,4-16,19H2,1-3H3. The number of likely N-dealkylation sites (N-methyl/N-ethyl adjacent to an activating group) is 1. The van der Waals surface area contributed by atoms with Crippen LogP contribution >= 0.6 is 0 Å². The molecule has 0 bridgehead atoms. The van der Waals surface area contributed by atoms with Crippen molar-refractivity contribution < 1.29 is 0 Å². The van der Waals surface area contributed by atoms with Gasteiger partial charge in [-0.05, 0) is 46.3 Å². The molecule has 1 rings (SSSR count). The lowest BCUT2D eigenvalue weighted by molar-refractivity contribution is 0.0831. The van der Waals surface area contributed by atoms with Gasteiger partial charge in [-0.1, -0.05) is 51.9 Å². The van der Waals surface area contributed by atoms with E-state index in [9.17, 15) is 0 Å². The highest BCUT2D eigenvalue weighted by Crippen LogP contribution is 2.26. The third-order valence-electron chi connectivity index (χ3n) is 5.47. The van der Waals surface area contributed by atoms with E-state index in [0.717, 1.165) is 13.1 Å². The Bertz CT molecular complexity index is 257. The van der Waals surface area contributed by atoms with Gasteiger partial charge in [-0.2, -0.15) is 0 Å². The van der Waals surface area contributed by atoms with E-state index in [1.807, 2.05) is 0 Å². The van der Waals surface area contributed by atoms with Crippen molar-refractivity contribution in [3.8, 4) is 0 Å². The molecule has 3 N–H and O–H groups in total. The van der Waals surface area contributed by atoms with Gasteiger partial charge in [0.15, 0.2) is 0 Å². The molecule has 3 heteroatoms. The molecule has 2 unspecified atom stereocenters. The first-order chi connectivity index (χ1) is 10.2. The van der Waals surface area contributed by atoms with Crippen molar-refractivity contribution in [2.24, 2.45) is 5.73 Å². The number of rotatable bonds is 11. The summed E-state index contributed by atoms with van der Waals surface area (Å²) in [5, 5.41) is 3.81. The lowest BCUT2D eigenvalue weighted by Gasteiger charge is -2.47. The molecule has 0 aromatic carbocycles. The lowest BCUT2D eigenvalue weighted by Crippen LogP contribution is -2.65. The smallest absolute Gasteiger partial charge is 0.0458 e. The molecule has 0 aromatic heterocycles. The third kappa shape index (κ3) is 6.25. The number of likely N-dealkylation sites (tertiary alicyclic amines) is 1. The van der Waals surface area contributed by atoms with Gasteiger partial charge < -0.3 is 16.0 Å². The summed E-state index contributed by atoms with van der Waals surface area (Å²) in [5.41, 5.74) is 6.26. The lowest BCUT2D eigenvalue weighted by atomic mass is 9.82. The molecule has 0 amide bonds. The van der Waals surface area contributed by atoms with Crippen LogP contribution in [-0.2, 0) is 0 Å². The Labute approximate surface area is 133 Å². The summed E-state index contributed by atoms with van der Waals surface area (Å²) in [5.74, 6) is 0. The number of nitrogens with zero attached hydrogens (tertiary/aromatic N) is 1. The van der Waals surface area contributed by atoms with E-state index in [4.69, 9.17) is 5.73 Å². The van der Waals surface area contributed by atoms with Crippen LogP contribution < -0.4 is 11.1 Å². The van der Waals surface area contributed by atoms with Crippen LogP contribution in [0.5, 0.6) is 0 Å². The summed E-state index contributed by atoms with van der Waals surface area (Å²) in [7, 11) is 2.23. The maximum Gasteiger partial charge on any atom is 0.0458 e. The van der Waals surface area contributed by atoms with Crippen molar-refractivity contribution in [2.75, 3.05) is 26.7 Å². The maximum absolute atomic E-state index is 6.11. The van der Waals surface area contributed by atoms with Gasteiger partial charge in [-0.25, -0.2) is 0 Å². The summed E-state index contributed by atoms with van der Waals surface area (Å²) in [6, 6.07) is 0.547. The Kier molecular flexibility index (Phi) is 9.54.